The first-order valence-corrected chi connectivity index (χ1v) is 31.3. The molecule has 0 saturated carbocycles. The van der Waals surface area contributed by atoms with E-state index in [4.69, 9.17) is 11.1 Å². The fraction of sp³-hybridized carbons (Fsp3) is 0.474. The Kier molecular flexibility index (Phi) is 19.3. The minimum absolute atomic E-state index is 0.410. The Bertz CT molecular complexity index is 1940. The Morgan fingerprint density at radius 1 is 0.328 bits per heavy atom. The molecule has 0 saturated heterocycles. The van der Waals surface area contributed by atoms with Crippen molar-refractivity contribution < 1.29 is 0 Å². The van der Waals surface area contributed by atoms with Crippen molar-refractivity contribution in [1.82, 2.24) is 0 Å². The maximum absolute atomic E-state index is 8.53. The van der Waals surface area contributed by atoms with Crippen molar-refractivity contribution in [3.05, 3.63) is 147 Å². The molecule has 5 aromatic carbocycles. The minimum atomic E-state index is -1.61. The molecule has 0 atom stereocenters. The summed E-state index contributed by atoms with van der Waals surface area (Å²) in [7, 11) is -3.10. The first-order chi connectivity index (χ1) is 28.7. The van der Waals surface area contributed by atoms with Crippen molar-refractivity contribution in [1.29, 1.82) is 0 Å². The summed E-state index contributed by atoms with van der Waals surface area (Å²) in [5, 5.41) is 4.76. The molecule has 0 bridgehead atoms. The van der Waals surface area contributed by atoms with Gasteiger partial charge in [-0.05, 0) is 109 Å². The summed E-state index contributed by atoms with van der Waals surface area (Å²) in [6.07, 6.45) is 0. The van der Waals surface area contributed by atoms with Crippen LogP contribution < -0.4 is 22.7 Å². The molecule has 326 valence electrons. The molecule has 0 fully saturated rings. The predicted molar refractivity (Wildman–Crippen MR) is 280 cm³/mol. The van der Waals surface area contributed by atoms with Gasteiger partial charge < -0.3 is 0 Å². The van der Waals surface area contributed by atoms with Crippen molar-refractivity contribution in [2.75, 3.05) is 0 Å². The van der Waals surface area contributed by atoms with Gasteiger partial charge in [0.2, 0.25) is 0 Å². The van der Waals surface area contributed by atoms with E-state index in [9.17, 15) is 0 Å². The first-order valence-electron chi connectivity index (χ1n) is 23.5. The fourth-order valence-corrected chi connectivity index (χ4v) is 23.2. The van der Waals surface area contributed by atoms with Crippen LogP contribution in [0.3, 0.4) is 0 Å². The summed E-state index contributed by atoms with van der Waals surface area (Å²) in [4.78, 5) is 0. The summed E-state index contributed by atoms with van der Waals surface area (Å²) in [5.74, 6) is 3.94. The summed E-state index contributed by atoms with van der Waals surface area (Å²) in [6, 6.07) is 37.0. The first kappa shape index (κ1) is 51.3. The van der Waals surface area contributed by atoms with Gasteiger partial charge >= 0.3 is 89.0 Å². The Balaban J connectivity index is 0.000000530. The molecule has 0 aliphatic heterocycles. The van der Waals surface area contributed by atoms with E-state index in [1.165, 1.54) is 62.4 Å². The molecule has 5 aromatic rings. The maximum atomic E-state index is 8.53. The molecule has 0 aliphatic rings. The molecule has 0 nitrogen and oxygen atoms in total. The molecule has 4 heteroatoms. The topological polar surface area (TPSA) is 0 Å². The molecular formula is C57H79ClSi2Sn. The Hall–Kier alpha value is -2.38. The Morgan fingerprint density at radius 2 is 0.557 bits per heavy atom. The molecule has 5 rings (SSSR count). The zero-order valence-electron chi connectivity index (χ0n) is 41.3. The number of hydrogen-bond acceptors (Lipinski definition) is 0. The monoisotopic (exact) mass is 974 g/mol. The van der Waals surface area contributed by atoms with Gasteiger partial charge in [0.15, 0.2) is 7.62 Å². The summed E-state index contributed by atoms with van der Waals surface area (Å²) < 4.78 is 3.08. The van der Waals surface area contributed by atoms with Crippen LogP contribution in [0.15, 0.2) is 97.1 Å². The third-order valence-electron chi connectivity index (χ3n) is 12.2. The van der Waals surface area contributed by atoms with Crippen LogP contribution in [0.4, 0.5) is 0 Å². The zero-order valence-corrected chi connectivity index (χ0v) is 46.9. The van der Waals surface area contributed by atoms with Gasteiger partial charge in [-0.15, -0.1) is 0 Å². The fourth-order valence-electron chi connectivity index (χ4n) is 8.38. The predicted octanol–water partition coefficient (Wildman–Crippen LogP) is 14.0. The van der Waals surface area contributed by atoms with Crippen LogP contribution in [0.25, 0.3) is 0 Å². The van der Waals surface area contributed by atoms with Crippen molar-refractivity contribution in [3.63, 3.8) is 0 Å². The average molecular weight is 975 g/mol. The zero-order chi connectivity index (χ0) is 45.5. The molecule has 0 unspecified atom stereocenters. The normalized spacial score (nSPS) is 12.2. The molecule has 0 heterocycles. The van der Waals surface area contributed by atoms with Crippen LogP contribution in [0.1, 0.15) is 228 Å². The van der Waals surface area contributed by atoms with Crippen LogP contribution in [0, 0.1) is 0 Å². The third kappa shape index (κ3) is 12.9. The summed E-state index contributed by atoms with van der Waals surface area (Å²) in [5.41, 5.74) is 13.5. The summed E-state index contributed by atoms with van der Waals surface area (Å²) in [6.45, 7) is 43.0. The van der Waals surface area contributed by atoms with E-state index in [1.807, 2.05) is 0 Å². The van der Waals surface area contributed by atoms with Gasteiger partial charge in [-0.1, -0.05) is 171 Å². The summed E-state index contributed by atoms with van der Waals surface area (Å²) >= 11 is 8.01. The molecule has 0 aromatic heterocycles. The van der Waals surface area contributed by atoms with Crippen molar-refractivity contribution >= 4 is 70.9 Å². The van der Waals surface area contributed by atoms with Gasteiger partial charge in [-0.3, -0.25) is 0 Å². The Morgan fingerprint density at radius 3 is 0.770 bits per heavy atom. The number of benzene rings is 5. The third-order valence-corrected chi connectivity index (χ3v) is 25.2. The average Bonchev–Trinajstić information content (AvgIpc) is 3.20. The second-order valence-electron chi connectivity index (χ2n) is 20.2. The van der Waals surface area contributed by atoms with Crippen LogP contribution in [0.2, 0.25) is 0 Å². The molecule has 61 heavy (non-hydrogen) atoms. The standard InChI is InChI=1S/C45H69ClSi2.2C6H5.Sn/c1-25(2)34-19-37(28(7)8)43(38(20-34)29(9)10)47(44-39(30(11)12)21-35(26(3)4)22-40(44)31(13)14)48(46)45-41(32(15)16)23-36(27(5)6)24-42(45)33(17)18;2*1-2-4-6-5-3-1;/h19-33H,1-18H3;2*1-5H;. The van der Waals surface area contributed by atoms with E-state index in [1.54, 1.807) is 10.4 Å². The second kappa shape index (κ2) is 23.0. The SMILES string of the molecule is CC(C)c1cc(C(C)C)c([Si](Cl)[Si](c2c(C(C)C)cc(C(C)C)cc2C(C)C)c2c(C(C)C)cc(C(C)C)cc2C(C)C)c(C(C)C)c1.c1cc[c]([Sn][c]2ccccc2)cc1. The Labute approximate surface area is 393 Å². The molecule has 0 N–H and O–H groups in total. The molecule has 4 radical (unpaired) electrons. The van der Waals surface area contributed by atoms with Crippen LogP contribution >= 0.6 is 11.1 Å². The van der Waals surface area contributed by atoms with E-state index in [0.29, 0.717) is 53.3 Å². The van der Waals surface area contributed by atoms with Crippen LogP contribution in [0.5, 0.6) is 0 Å². The second-order valence-corrected chi connectivity index (χ2v) is 32.1. The van der Waals surface area contributed by atoms with Crippen molar-refractivity contribution in [2.24, 2.45) is 0 Å². The molecular weight excluding hydrogens is 895 g/mol. The van der Waals surface area contributed by atoms with Gasteiger partial charge in [0.05, 0.1) is 0 Å². The van der Waals surface area contributed by atoms with Crippen molar-refractivity contribution in [2.45, 2.75) is 178 Å². The van der Waals surface area contributed by atoms with Gasteiger partial charge in [0, 0.05) is 0 Å². The van der Waals surface area contributed by atoms with E-state index in [2.05, 4.69) is 222 Å². The van der Waals surface area contributed by atoms with E-state index >= 15 is 0 Å². The number of halogens is 1. The number of hydrogen-bond donors (Lipinski definition) is 0. The number of rotatable bonds is 15. The molecule has 0 spiro atoms. The molecule has 0 amide bonds. The van der Waals surface area contributed by atoms with Gasteiger partial charge in [0.1, 0.15) is 8.31 Å². The molecule has 0 aliphatic carbocycles. The van der Waals surface area contributed by atoms with Crippen LogP contribution in [-0.4, -0.2) is 37.1 Å². The van der Waals surface area contributed by atoms with E-state index < -0.39 is 37.1 Å². The quantitative estimate of drug-likeness (QED) is 0.0724. The van der Waals surface area contributed by atoms with E-state index in [0.717, 1.165) is 0 Å². The van der Waals surface area contributed by atoms with Crippen LogP contribution in [-0.2, 0) is 0 Å². The van der Waals surface area contributed by atoms with Crippen molar-refractivity contribution in [3.8, 4) is 0 Å². The van der Waals surface area contributed by atoms with Gasteiger partial charge in [-0.2, -0.15) is 11.1 Å². The van der Waals surface area contributed by atoms with E-state index in [-0.39, 0.29) is 0 Å². The van der Waals surface area contributed by atoms with Gasteiger partial charge in [-0.25, -0.2) is 0 Å². The van der Waals surface area contributed by atoms with Gasteiger partial charge in [0.25, 0.3) is 0 Å².